The van der Waals surface area contributed by atoms with Gasteiger partial charge in [0.25, 0.3) is 0 Å². The van der Waals surface area contributed by atoms with Crippen molar-refractivity contribution in [2.45, 2.75) is 45.3 Å². The largest absolute Gasteiger partial charge is 0.468 e. The summed E-state index contributed by atoms with van der Waals surface area (Å²) in [5.74, 6) is -1.09. The summed E-state index contributed by atoms with van der Waals surface area (Å²) in [4.78, 5) is 25.1. The van der Waals surface area contributed by atoms with Crippen LogP contribution in [-0.2, 0) is 23.8 Å². The molecule has 0 aromatic rings. The van der Waals surface area contributed by atoms with Gasteiger partial charge in [0.2, 0.25) is 0 Å². The van der Waals surface area contributed by atoms with E-state index < -0.39 is 17.2 Å². The van der Waals surface area contributed by atoms with E-state index in [0.29, 0.717) is 38.9 Å². The monoisotopic (exact) mass is 322 g/mol. The summed E-state index contributed by atoms with van der Waals surface area (Å²) >= 11 is 0. The first-order valence-corrected chi connectivity index (χ1v) is 8.29. The summed E-state index contributed by atoms with van der Waals surface area (Å²) < 4.78 is 17.2. The van der Waals surface area contributed by atoms with Gasteiger partial charge in [-0.1, -0.05) is 19.9 Å². The quantitative estimate of drug-likeness (QED) is 0.454. The van der Waals surface area contributed by atoms with Crippen molar-refractivity contribution in [1.29, 1.82) is 0 Å². The third kappa shape index (κ3) is 2.45. The van der Waals surface area contributed by atoms with E-state index in [1.165, 1.54) is 7.11 Å². The van der Waals surface area contributed by atoms with Crippen LogP contribution in [0.5, 0.6) is 0 Å². The lowest BCUT2D eigenvalue weighted by atomic mass is 9.72. The molecule has 0 unspecified atom stereocenters. The Hall–Kier alpha value is -1.20. The van der Waals surface area contributed by atoms with Crippen LogP contribution in [0, 0.1) is 22.7 Å². The Morgan fingerprint density at radius 2 is 2.00 bits per heavy atom. The summed E-state index contributed by atoms with van der Waals surface area (Å²) in [5, 5.41) is 0. The molecule has 5 heteroatoms. The molecule has 0 aromatic carbocycles. The summed E-state index contributed by atoms with van der Waals surface area (Å²) in [6, 6.07) is 0. The molecule has 0 N–H and O–H groups in total. The number of ketones is 1. The molecule has 0 amide bonds. The number of carbonyl (C=O) groups is 2. The van der Waals surface area contributed by atoms with Crippen molar-refractivity contribution >= 4 is 11.8 Å². The standard InChI is InChI=1S/C18H26O5/c1-5-6-18(15(20)21-4)13-9-17(8-12(13)7-14(18)19)22-10-16(2,3)11-23-17/h5,12-13H,1,6-11H2,2-4H3/t12-,13+,18+/m0/s1. The second-order valence-electron chi connectivity index (χ2n) is 8.01. The fourth-order valence-corrected chi connectivity index (χ4v) is 4.54. The van der Waals surface area contributed by atoms with Crippen LogP contribution in [0.25, 0.3) is 0 Å². The molecule has 2 aliphatic carbocycles. The van der Waals surface area contributed by atoms with Gasteiger partial charge in [-0.3, -0.25) is 9.59 Å². The van der Waals surface area contributed by atoms with Crippen LogP contribution in [0.4, 0.5) is 0 Å². The van der Waals surface area contributed by atoms with Gasteiger partial charge in [0.05, 0.1) is 20.3 Å². The molecule has 3 aliphatic rings. The molecule has 1 aliphatic heterocycles. The molecule has 2 saturated carbocycles. The van der Waals surface area contributed by atoms with Crippen LogP contribution in [-0.4, -0.2) is 37.9 Å². The van der Waals surface area contributed by atoms with Crippen molar-refractivity contribution in [3.05, 3.63) is 12.7 Å². The number of fused-ring (bicyclic) bond motifs is 1. The number of ether oxygens (including phenoxy) is 3. The van der Waals surface area contributed by atoms with Crippen LogP contribution in [0.2, 0.25) is 0 Å². The fraction of sp³-hybridized carbons (Fsp3) is 0.778. The number of rotatable bonds is 3. The van der Waals surface area contributed by atoms with Gasteiger partial charge in [-0.05, 0) is 18.3 Å². The zero-order valence-corrected chi connectivity index (χ0v) is 14.2. The van der Waals surface area contributed by atoms with Gasteiger partial charge in [-0.15, -0.1) is 6.58 Å². The molecule has 0 bridgehead atoms. The molecule has 3 rings (SSSR count). The van der Waals surface area contributed by atoms with Crippen LogP contribution in [0.1, 0.15) is 39.5 Å². The third-order valence-electron chi connectivity index (χ3n) is 5.72. The lowest BCUT2D eigenvalue weighted by Crippen LogP contribution is -2.48. The molecule has 5 nitrogen and oxygen atoms in total. The molecule has 128 valence electrons. The van der Waals surface area contributed by atoms with E-state index in [-0.39, 0.29) is 23.0 Å². The molecule has 1 saturated heterocycles. The molecule has 1 spiro atoms. The first-order valence-electron chi connectivity index (χ1n) is 8.29. The van der Waals surface area contributed by atoms with Crippen molar-refractivity contribution in [2.75, 3.05) is 20.3 Å². The predicted octanol–water partition coefficient (Wildman–Crippen LogP) is 2.49. The van der Waals surface area contributed by atoms with Crippen molar-refractivity contribution in [3.8, 4) is 0 Å². The molecular weight excluding hydrogens is 296 g/mol. The van der Waals surface area contributed by atoms with E-state index in [1.54, 1.807) is 6.08 Å². The summed E-state index contributed by atoms with van der Waals surface area (Å²) in [7, 11) is 1.34. The number of esters is 1. The Morgan fingerprint density at radius 1 is 1.35 bits per heavy atom. The van der Waals surface area contributed by atoms with Crippen LogP contribution in [0.15, 0.2) is 12.7 Å². The Balaban J connectivity index is 1.87. The van der Waals surface area contributed by atoms with Crippen molar-refractivity contribution in [1.82, 2.24) is 0 Å². The Bertz CT molecular complexity index is 518. The van der Waals surface area contributed by atoms with E-state index >= 15 is 0 Å². The van der Waals surface area contributed by atoms with E-state index in [2.05, 4.69) is 20.4 Å². The zero-order chi connectivity index (χ0) is 16.9. The molecule has 3 atom stereocenters. The van der Waals surface area contributed by atoms with Gasteiger partial charge in [0.15, 0.2) is 11.6 Å². The summed E-state index contributed by atoms with van der Waals surface area (Å²) in [6.45, 7) is 9.21. The van der Waals surface area contributed by atoms with E-state index in [0.717, 1.165) is 0 Å². The van der Waals surface area contributed by atoms with Crippen LogP contribution < -0.4 is 0 Å². The average molecular weight is 322 g/mol. The maximum absolute atomic E-state index is 12.6. The lowest BCUT2D eigenvalue weighted by molar-refractivity contribution is -0.298. The highest BCUT2D eigenvalue weighted by Crippen LogP contribution is 2.60. The maximum atomic E-state index is 12.6. The van der Waals surface area contributed by atoms with Crippen molar-refractivity contribution < 1.29 is 23.8 Å². The van der Waals surface area contributed by atoms with Gasteiger partial charge in [-0.25, -0.2) is 0 Å². The van der Waals surface area contributed by atoms with Gasteiger partial charge in [-0.2, -0.15) is 0 Å². The third-order valence-corrected chi connectivity index (χ3v) is 5.72. The molecule has 1 heterocycles. The number of allylic oxidation sites excluding steroid dienone is 1. The SMILES string of the molecule is C=CC[C@]1(C(=O)OC)C(=O)C[C@H]2CC3(C[C@H]21)OCC(C)(C)CO3. The van der Waals surface area contributed by atoms with Crippen LogP contribution in [0.3, 0.4) is 0 Å². The normalized spacial score (nSPS) is 37.6. The summed E-state index contributed by atoms with van der Waals surface area (Å²) in [6.07, 6.45) is 3.61. The minimum Gasteiger partial charge on any atom is -0.468 e. The molecule has 3 fully saturated rings. The topological polar surface area (TPSA) is 61.8 Å². The minimum absolute atomic E-state index is 0.000671. The number of hydrogen-bond acceptors (Lipinski definition) is 5. The van der Waals surface area contributed by atoms with E-state index in [4.69, 9.17) is 14.2 Å². The highest BCUT2D eigenvalue weighted by molar-refractivity contribution is 6.06. The minimum atomic E-state index is -1.11. The number of hydrogen-bond donors (Lipinski definition) is 0. The number of carbonyl (C=O) groups excluding carboxylic acids is 2. The first-order chi connectivity index (χ1) is 10.8. The number of methoxy groups -OCH3 is 1. The molecular formula is C18H26O5. The molecule has 0 radical (unpaired) electrons. The Kier molecular flexibility index (Phi) is 3.92. The number of Topliss-reactive ketones (excluding diaryl/α,β-unsaturated/α-hetero) is 1. The smallest absolute Gasteiger partial charge is 0.319 e. The van der Waals surface area contributed by atoms with Gasteiger partial charge in [0.1, 0.15) is 5.41 Å². The molecule has 23 heavy (non-hydrogen) atoms. The highest BCUT2D eigenvalue weighted by Gasteiger charge is 2.66. The second kappa shape index (κ2) is 5.42. The fourth-order valence-electron chi connectivity index (χ4n) is 4.54. The maximum Gasteiger partial charge on any atom is 0.319 e. The van der Waals surface area contributed by atoms with E-state index in [9.17, 15) is 9.59 Å². The lowest BCUT2D eigenvalue weighted by Gasteiger charge is -2.42. The van der Waals surface area contributed by atoms with Crippen LogP contribution >= 0.6 is 0 Å². The van der Waals surface area contributed by atoms with Gasteiger partial charge >= 0.3 is 5.97 Å². The average Bonchev–Trinajstić information content (AvgIpc) is 2.97. The first kappa shape index (κ1) is 16.7. The van der Waals surface area contributed by atoms with Gasteiger partial charge < -0.3 is 14.2 Å². The Morgan fingerprint density at radius 3 is 2.57 bits per heavy atom. The Labute approximate surface area is 137 Å². The van der Waals surface area contributed by atoms with Crippen molar-refractivity contribution in [2.24, 2.45) is 22.7 Å². The van der Waals surface area contributed by atoms with Gasteiger partial charge in [0, 0.05) is 24.7 Å². The van der Waals surface area contributed by atoms with E-state index in [1.807, 2.05) is 0 Å². The second-order valence-corrected chi connectivity index (χ2v) is 8.01. The highest BCUT2D eigenvalue weighted by atomic mass is 16.7. The predicted molar refractivity (Wildman–Crippen MR) is 83.5 cm³/mol. The van der Waals surface area contributed by atoms with Crippen molar-refractivity contribution in [3.63, 3.8) is 0 Å². The molecule has 0 aromatic heterocycles. The zero-order valence-electron chi connectivity index (χ0n) is 14.2. The summed E-state index contributed by atoms with van der Waals surface area (Å²) in [5.41, 5.74) is -1.11.